The zero-order valence-corrected chi connectivity index (χ0v) is 12.8. The third-order valence-electron chi connectivity index (χ3n) is 4.18. The monoisotopic (exact) mass is 279 g/mol. The Bertz CT molecular complexity index is 445. The molecule has 2 nitrogen and oxygen atoms in total. The lowest BCUT2D eigenvalue weighted by atomic mass is 9.85. The molecule has 112 valence electrons. The predicted molar refractivity (Wildman–Crippen MR) is 81.8 cm³/mol. The number of benzene rings is 1. The maximum Gasteiger partial charge on any atom is 0.167 e. The summed E-state index contributed by atoms with van der Waals surface area (Å²) in [6.45, 7) is 7.03. The van der Waals surface area contributed by atoms with Gasteiger partial charge in [0.25, 0.3) is 0 Å². The molecule has 1 aromatic carbocycles. The Morgan fingerprint density at radius 3 is 2.80 bits per heavy atom. The number of ether oxygens (including phenoxy) is 1. The summed E-state index contributed by atoms with van der Waals surface area (Å²) < 4.78 is 19.1. The summed E-state index contributed by atoms with van der Waals surface area (Å²) in [7, 11) is 0. The number of rotatable bonds is 4. The van der Waals surface area contributed by atoms with Gasteiger partial charge in [-0.1, -0.05) is 20.3 Å². The lowest BCUT2D eigenvalue weighted by molar-refractivity contribution is 0.313. The summed E-state index contributed by atoms with van der Waals surface area (Å²) in [4.78, 5) is 0. The smallest absolute Gasteiger partial charge is 0.167 e. The SMILES string of the molecule is CCOc1ccc(NC2CCCC(C)(C)CC2)cc1F. The van der Waals surface area contributed by atoms with Crippen molar-refractivity contribution in [2.24, 2.45) is 5.41 Å². The number of hydrogen-bond donors (Lipinski definition) is 1. The Balaban J connectivity index is 1.98. The van der Waals surface area contributed by atoms with Crippen LogP contribution in [0, 0.1) is 11.2 Å². The zero-order chi connectivity index (χ0) is 14.6. The zero-order valence-electron chi connectivity index (χ0n) is 12.8. The van der Waals surface area contributed by atoms with Gasteiger partial charge >= 0.3 is 0 Å². The first-order chi connectivity index (χ1) is 9.50. The van der Waals surface area contributed by atoms with Gasteiger partial charge in [-0.2, -0.15) is 0 Å². The summed E-state index contributed by atoms with van der Waals surface area (Å²) in [5.41, 5.74) is 1.30. The van der Waals surface area contributed by atoms with Crippen molar-refractivity contribution in [1.82, 2.24) is 0 Å². The summed E-state index contributed by atoms with van der Waals surface area (Å²) >= 11 is 0. The Kier molecular flexibility index (Phi) is 4.90. The molecule has 1 saturated carbocycles. The minimum Gasteiger partial charge on any atom is -0.491 e. The van der Waals surface area contributed by atoms with Crippen molar-refractivity contribution in [3.05, 3.63) is 24.0 Å². The van der Waals surface area contributed by atoms with Crippen LogP contribution in [-0.4, -0.2) is 12.6 Å². The molecule has 0 aliphatic heterocycles. The van der Waals surface area contributed by atoms with Gasteiger partial charge in [-0.05, 0) is 50.2 Å². The van der Waals surface area contributed by atoms with E-state index in [0.717, 1.165) is 18.5 Å². The first-order valence-electron chi connectivity index (χ1n) is 7.69. The van der Waals surface area contributed by atoms with Gasteiger partial charge in [0, 0.05) is 17.8 Å². The number of halogens is 1. The van der Waals surface area contributed by atoms with Gasteiger partial charge in [-0.25, -0.2) is 4.39 Å². The van der Waals surface area contributed by atoms with Crippen molar-refractivity contribution in [3.8, 4) is 5.75 Å². The predicted octanol–water partition coefficient (Wildman–Crippen LogP) is 5.00. The first-order valence-corrected chi connectivity index (χ1v) is 7.69. The normalized spacial score (nSPS) is 22.1. The van der Waals surface area contributed by atoms with E-state index < -0.39 is 0 Å². The molecule has 1 atom stereocenters. The number of anilines is 1. The average Bonchev–Trinajstić information content (AvgIpc) is 2.55. The minimum absolute atomic E-state index is 0.286. The molecule has 0 radical (unpaired) electrons. The van der Waals surface area contributed by atoms with Gasteiger partial charge in [0.15, 0.2) is 11.6 Å². The summed E-state index contributed by atoms with van der Waals surface area (Å²) in [6, 6.07) is 5.61. The first kappa shape index (κ1) is 15.1. The lowest BCUT2D eigenvalue weighted by Gasteiger charge is -2.22. The number of hydrogen-bond acceptors (Lipinski definition) is 2. The van der Waals surface area contributed by atoms with Crippen LogP contribution in [0.15, 0.2) is 18.2 Å². The van der Waals surface area contributed by atoms with Crippen LogP contribution >= 0.6 is 0 Å². The van der Waals surface area contributed by atoms with Crippen LogP contribution in [0.2, 0.25) is 0 Å². The molecule has 1 aromatic rings. The Labute approximate surface area is 121 Å². The van der Waals surface area contributed by atoms with Crippen molar-refractivity contribution in [3.63, 3.8) is 0 Å². The highest BCUT2D eigenvalue weighted by molar-refractivity contribution is 5.48. The highest BCUT2D eigenvalue weighted by Crippen LogP contribution is 2.34. The van der Waals surface area contributed by atoms with E-state index in [0.29, 0.717) is 23.8 Å². The van der Waals surface area contributed by atoms with E-state index in [4.69, 9.17) is 4.74 Å². The van der Waals surface area contributed by atoms with Crippen LogP contribution in [0.4, 0.5) is 10.1 Å². The van der Waals surface area contributed by atoms with Gasteiger partial charge in [0.05, 0.1) is 6.61 Å². The molecule has 20 heavy (non-hydrogen) atoms. The maximum atomic E-state index is 13.8. The van der Waals surface area contributed by atoms with Crippen LogP contribution in [-0.2, 0) is 0 Å². The van der Waals surface area contributed by atoms with Crippen molar-refractivity contribution in [2.75, 3.05) is 11.9 Å². The quantitative estimate of drug-likeness (QED) is 0.783. The molecule has 1 unspecified atom stereocenters. The van der Waals surface area contributed by atoms with Crippen LogP contribution in [0.3, 0.4) is 0 Å². The van der Waals surface area contributed by atoms with E-state index in [-0.39, 0.29) is 5.82 Å². The highest BCUT2D eigenvalue weighted by Gasteiger charge is 2.24. The van der Waals surface area contributed by atoms with Crippen molar-refractivity contribution < 1.29 is 9.13 Å². The second-order valence-electron chi connectivity index (χ2n) is 6.51. The molecule has 3 heteroatoms. The highest BCUT2D eigenvalue weighted by atomic mass is 19.1. The molecule has 0 bridgehead atoms. The molecule has 1 aliphatic carbocycles. The Morgan fingerprint density at radius 1 is 1.30 bits per heavy atom. The molecule has 0 spiro atoms. The molecule has 1 fully saturated rings. The van der Waals surface area contributed by atoms with E-state index in [1.54, 1.807) is 12.1 Å². The molecule has 1 aliphatic rings. The van der Waals surface area contributed by atoms with E-state index >= 15 is 0 Å². The van der Waals surface area contributed by atoms with E-state index in [1.807, 2.05) is 13.0 Å². The van der Waals surface area contributed by atoms with Crippen molar-refractivity contribution in [1.29, 1.82) is 0 Å². The van der Waals surface area contributed by atoms with Gasteiger partial charge < -0.3 is 10.1 Å². The molecule has 0 aromatic heterocycles. The van der Waals surface area contributed by atoms with Gasteiger partial charge in [-0.15, -0.1) is 0 Å². The van der Waals surface area contributed by atoms with E-state index in [2.05, 4.69) is 19.2 Å². The second-order valence-corrected chi connectivity index (χ2v) is 6.51. The van der Waals surface area contributed by atoms with Crippen LogP contribution in [0.5, 0.6) is 5.75 Å². The molecule has 0 amide bonds. The average molecular weight is 279 g/mol. The van der Waals surface area contributed by atoms with E-state index in [1.165, 1.54) is 19.3 Å². The molecule has 0 saturated heterocycles. The maximum absolute atomic E-state index is 13.8. The van der Waals surface area contributed by atoms with Crippen LogP contribution in [0.1, 0.15) is 52.9 Å². The molecule has 2 rings (SSSR count). The van der Waals surface area contributed by atoms with Crippen LogP contribution in [0.25, 0.3) is 0 Å². The fraction of sp³-hybridized carbons (Fsp3) is 0.647. The largest absolute Gasteiger partial charge is 0.491 e. The van der Waals surface area contributed by atoms with Crippen molar-refractivity contribution in [2.45, 2.75) is 58.9 Å². The summed E-state index contributed by atoms with van der Waals surface area (Å²) in [5, 5.41) is 3.47. The summed E-state index contributed by atoms with van der Waals surface area (Å²) in [6.07, 6.45) is 6.07. The Morgan fingerprint density at radius 2 is 2.10 bits per heavy atom. The minimum atomic E-state index is -0.286. The molecular formula is C17H26FNO. The van der Waals surface area contributed by atoms with Gasteiger partial charge in [-0.3, -0.25) is 0 Å². The molecular weight excluding hydrogens is 253 g/mol. The molecule has 1 N–H and O–H groups in total. The standard InChI is InChI=1S/C17H26FNO/c1-4-20-16-8-7-14(12-15(16)18)19-13-6-5-10-17(2,3)11-9-13/h7-8,12-13,19H,4-6,9-11H2,1-3H3. The van der Waals surface area contributed by atoms with E-state index in [9.17, 15) is 4.39 Å². The molecule has 0 heterocycles. The lowest BCUT2D eigenvalue weighted by Crippen LogP contribution is -2.19. The van der Waals surface area contributed by atoms with Gasteiger partial charge in [0.1, 0.15) is 0 Å². The fourth-order valence-corrected chi connectivity index (χ4v) is 2.90. The Hall–Kier alpha value is -1.25. The third kappa shape index (κ3) is 4.12. The number of nitrogens with one attached hydrogen (secondary N) is 1. The fourth-order valence-electron chi connectivity index (χ4n) is 2.90. The summed E-state index contributed by atoms with van der Waals surface area (Å²) in [5.74, 6) is 0.0471. The topological polar surface area (TPSA) is 21.3 Å². The van der Waals surface area contributed by atoms with Gasteiger partial charge in [0.2, 0.25) is 0 Å². The van der Waals surface area contributed by atoms with Crippen LogP contribution < -0.4 is 10.1 Å². The van der Waals surface area contributed by atoms with Crippen molar-refractivity contribution >= 4 is 5.69 Å². The third-order valence-corrected chi connectivity index (χ3v) is 4.18. The second kappa shape index (κ2) is 6.47.